The first-order valence-electron chi connectivity index (χ1n) is 8.59. The molecule has 2 heterocycles. The molecule has 0 bridgehead atoms. The Morgan fingerprint density at radius 2 is 1.41 bits per heavy atom. The SMILES string of the molecule is Cc1cc(N)cc(C(N)=O)n1.Cc1cc(NC(=O)OC(C)(C)C)cc(C(N)=O)n1.[HH]. The van der Waals surface area contributed by atoms with Gasteiger partial charge in [-0.2, -0.15) is 0 Å². The van der Waals surface area contributed by atoms with Gasteiger partial charge >= 0.3 is 6.09 Å². The predicted molar refractivity (Wildman–Crippen MR) is 111 cm³/mol. The van der Waals surface area contributed by atoms with Crippen LogP contribution < -0.4 is 22.5 Å². The van der Waals surface area contributed by atoms with Crippen LogP contribution in [0.1, 0.15) is 54.6 Å². The lowest BCUT2D eigenvalue weighted by Gasteiger charge is -2.19. The number of amides is 3. The molecule has 0 aliphatic rings. The summed E-state index contributed by atoms with van der Waals surface area (Å²) in [5, 5.41) is 2.53. The van der Waals surface area contributed by atoms with E-state index in [1.807, 2.05) is 0 Å². The number of ether oxygens (including phenoxy) is 1. The number of nitrogens with zero attached hydrogens (tertiary/aromatic N) is 2. The van der Waals surface area contributed by atoms with Crippen molar-refractivity contribution >= 4 is 29.3 Å². The van der Waals surface area contributed by atoms with Crippen molar-refractivity contribution in [1.29, 1.82) is 0 Å². The highest BCUT2D eigenvalue weighted by Crippen LogP contribution is 2.14. The normalized spacial score (nSPS) is 10.4. The minimum atomic E-state index is -0.647. The van der Waals surface area contributed by atoms with Crippen molar-refractivity contribution in [2.45, 2.75) is 40.2 Å². The monoisotopic (exact) mass is 404 g/mol. The van der Waals surface area contributed by atoms with Gasteiger partial charge in [0.2, 0.25) is 0 Å². The molecule has 0 aliphatic carbocycles. The van der Waals surface area contributed by atoms with Crippen LogP contribution in [0.25, 0.3) is 0 Å². The van der Waals surface area contributed by atoms with Crippen LogP contribution in [0.4, 0.5) is 16.2 Å². The summed E-state index contributed by atoms with van der Waals surface area (Å²) in [6, 6.07) is 6.15. The highest BCUT2D eigenvalue weighted by molar-refractivity contribution is 5.93. The number of pyridine rings is 2. The summed E-state index contributed by atoms with van der Waals surface area (Å²) in [5.74, 6) is -1.20. The minimum absolute atomic E-state index is 0. The number of aromatic nitrogens is 2. The smallest absolute Gasteiger partial charge is 0.412 e. The lowest BCUT2D eigenvalue weighted by atomic mass is 10.2. The van der Waals surface area contributed by atoms with Crippen LogP contribution in [0.5, 0.6) is 0 Å². The van der Waals surface area contributed by atoms with E-state index in [1.54, 1.807) is 46.8 Å². The molecule has 7 N–H and O–H groups in total. The number of hydrogen-bond acceptors (Lipinski definition) is 7. The molecule has 0 aliphatic heterocycles. The van der Waals surface area contributed by atoms with Gasteiger partial charge in [-0.3, -0.25) is 14.9 Å². The van der Waals surface area contributed by atoms with Crippen LogP contribution in [-0.4, -0.2) is 33.5 Å². The molecule has 2 aromatic rings. The predicted octanol–water partition coefficient (Wildman–Crippen LogP) is 2.15. The Labute approximate surface area is 170 Å². The zero-order chi connectivity index (χ0) is 22.4. The summed E-state index contributed by atoms with van der Waals surface area (Å²) < 4.78 is 5.10. The van der Waals surface area contributed by atoms with Gasteiger partial charge in [-0.25, -0.2) is 14.8 Å². The molecule has 10 heteroatoms. The van der Waals surface area contributed by atoms with Crippen LogP contribution >= 0.6 is 0 Å². The molecular weight excluding hydrogens is 376 g/mol. The van der Waals surface area contributed by atoms with Crippen molar-refractivity contribution in [1.82, 2.24) is 9.97 Å². The van der Waals surface area contributed by atoms with Crippen molar-refractivity contribution in [3.63, 3.8) is 0 Å². The Kier molecular flexibility index (Phi) is 7.64. The van der Waals surface area contributed by atoms with Crippen molar-refractivity contribution in [2.75, 3.05) is 11.1 Å². The van der Waals surface area contributed by atoms with E-state index < -0.39 is 23.5 Å². The van der Waals surface area contributed by atoms with Crippen LogP contribution in [0.15, 0.2) is 24.3 Å². The van der Waals surface area contributed by atoms with E-state index in [0.29, 0.717) is 22.8 Å². The third kappa shape index (κ3) is 8.69. The lowest BCUT2D eigenvalue weighted by molar-refractivity contribution is 0.0635. The molecule has 0 atom stereocenters. The van der Waals surface area contributed by atoms with E-state index in [0.717, 1.165) is 0 Å². The topological polar surface area (TPSA) is 176 Å². The maximum atomic E-state index is 11.6. The fraction of sp³-hybridized carbons (Fsp3) is 0.316. The highest BCUT2D eigenvalue weighted by Gasteiger charge is 2.17. The van der Waals surface area contributed by atoms with Gasteiger partial charge in [-0.1, -0.05) is 0 Å². The molecule has 10 nitrogen and oxygen atoms in total. The Bertz CT molecular complexity index is 907. The molecule has 0 unspecified atom stereocenters. The first-order valence-corrected chi connectivity index (χ1v) is 8.59. The largest absolute Gasteiger partial charge is 0.444 e. The Morgan fingerprint density at radius 3 is 1.86 bits per heavy atom. The number of nitrogen functional groups attached to an aromatic ring is 1. The number of carbonyl (C=O) groups excluding carboxylic acids is 3. The summed E-state index contributed by atoms with van der Waals surface area (Å²) >= 11 is 0. The van der Waals surface area contributed by atoms with Crippen LogP contribution in [0.2, 0.25) is 0 Å². The molecule has 2 rings (SSSR count). The summed E-state index contributed by atoms with van der Waals surface area (Å²) in [4.78, 5) is 41.0. The lowest BCUT2D eigenvalue weighted by Crippen LogP contribution is -2.27. The van der Waals surface area contributed by atoms with E-state index in [9.17, 15) is 14.4 Å². The van der Waals surface area contributed by atoms with E-state index >= 15 is 0 Å². The average Bonchev–Trinajstić information content (AvgIpc) is 2.51. The maximum Gasteiger partial charge on any atom is 0.412 e. The molecule has 0 radical (unpaired) electrons. The molecule has 0 spiro atoms. The summed E-state index contributed by atoms with van der Waals surface area (Å²) in [7, 11) is 0. The van der Waals surface area contributed by atoms with Gasteiger partial charge < -0.3 is 21.9 Å². The number of nitrogens with two attached hydrogens (primary N) is 3. The van der Waals surface area contributed by atoms with E-state index in [2.05, 4.69) is 15.3 Å². The molecule has 0 fully saturated rings. The van der Waals surface area contributed by atoms with E-state index in [1.165, 1.54) is 12.1 Å². The minimum Gasteiger partial charge on any atom is -0.444 e. The molecule has 3 amide bonds. The molecule has 158 valence electrons. The first-order chi connectivity index (χ1) is 13.3. The van der Waals surface area contributed by atoms with Crippen LogP contribution in [-0.2, 0) is 4.74 Å². The summed E-state index contributed by atoms with van der Waals surface area (Å²) in [5.41, 5.74) is 17.5. The number of hydrogen-bond donors (Lipinski definition) is 4. The molecular formula is C19H28N6O4. The summed E-state index contributed by atoms with van der Waals surface area (Å²) in [6.07, 6.45) is -0.594. The molecule has 29 heavy (non-hydrogen) atoms. The third-order valence-corrected chi connectivity index (χ3v) is 3.08. The zero-order valence-corrected chi connectivity index (χ0v) is 17.1. The van der Waals surface area contributed by atoms with Gasteiger partial charge in [-0.15, -0.1) is 0 Å². The number of carbonyl (C=O) groups is 3. The van der Waals surface area contributed by atoms with Crippen molar-refractivity contribution in [3.05, 3.63) is 47.0 Å². The van der Waals surface area contributed by atoms with Gasteiger partial charge in [0.1, 0.15) is 17.0 Å². The van der Waals surface area contributed by atoms with Crippen LogP contribution in [0, 0.1) is 13.8 Å². The second-order valence-corrected chi connectivity index (χ2v) is 7.16. The molecule has 2 aromatic heterocycles. The van der Waals surface area contributed by atoms with Crippen molar-refractivity contribution < 1.29 is 20.5 Å². The van der Waals surface area contributed by atoms with Gasteiger partial charge in [0.05, 0.1) is 0 Å². The Balaban J connectivity index is 0.000000603. The average molecular weight is 404 g/mol. The number of aryl methyl sites for hydroxylation is 2. The molecule has 0 saturated heterocycles. The molecule has 0 saturated carbocycles. The van der Waals surface area contributed by atoms with Gasteiger partial charge in [0.15, 0.2) is 0 Å². The fourth-order valence-corrected chi connectivity index (χ4v) is 2.11. The highest BCUT2D eigenvalue weighted by atomic mass is 16.6. The van der Waals surface area contributed by atoms with Gasteiger partial charge in [-0.05, 0) is 58.9 Å². The molecule has 0 aromatic carbocycles. The number of nitrogens with one attached hydrogen (secondary N) is 1. The number of rotatable bonds is 3. The second-order valence-electron chi connectivity index (χ2n) is 7.16. The Hall–Kier alpha value is -3.69. The quantitative estimate of drug-likeness (QED) is 0.605. The van der Waals surface area contributed by atoms with Gasteiger partial charge in [0, 0.05) is 24.2 Å². The number of anilines is 2. The fourth-order valence-electron chi connectivity index (χ4n) is 2.11. The van der Waals surface area contributed by atoms with Crippen molar-refractivity contribution in [3.8, 4) is 0 Å². The summed E-state index contributed by atoms with van der Waals surface area (Å²) in [6.45, 7) is 8.74. The number of primary amides is 2. The van der Waals surface area contributed by atoms with E-state index in [-0.39, 0.29) is 12.8 Å². The standard InChI is InChI=1S/C12H17N3O3.C7H9N3O.H2/c1-7-5-8(6-9(14-7)10(13)16)15-11(17)18-12(2,3)4;1-4-2-5(8)3-6(10-4)7(9)11;/h5-6H,1-4H3,(H2,13,16)(H,14,15,17);2-3H,1H3,(H2,8,10)(H2,9,11);1H. The van der Waals surface area contributed by atoms with E-state index in [4.69, 9.17) is 21.9 Å². The third-order valence-electron chi connectivity index (χ3n) is 3.08. The van der Waals surface area contributed by atoms with Gasteiger partial charge in [0.25, 0.3) is 11.8 Å². The van der Waals surface area contributed by atoms with Crippen molar-refractivity contribution in [2.24, 2.45) is 11.5 Å². The zero-order valence-electron chi connectivity index (χ0n) is 17.1. The maximum absolute atomic E-state index is 11.6. The van der Waals surface area contributed by atoms with Crippen LogP contribution in [0.3, 0.4) is 0 Å². The second kappa shape index (κ2) is 9.49. The first kappa shape index (κ1) is 23.3. The Morgan fingerprint density at radius 1 is 0.931 bits per heavy atom.